The first kappa shape index (κ1) is 15.9. The van der Waals surface area contributed by atoms with Gasteiger partial charge in [0, 0.05) is 38.8 Å². The number of anilines is 1. The van der Waals surface area contributed by atoms with Crippen LogP contribution in [0.25, 0.3) is 0 Å². The van der Waals surface area contributed by atoms with E-state index in [4.69, 9.17) is 5.26 Å². The fourth-order valence-electron chi connectivity index (χ4n) is 2.85. The third-order valence-electron chi connectivity index (χ3n) is 4.19. The van der Waals surface area contributed by atoms with Crippen LogP contribution in [0.4, 0.5) is 11.5 Å². The lowest BCUT2D eigenvalue weighted by Gasteiger charge is -2.35. The molecule has 0 N–H and O–H groups in total. The van der Waals surface area contributed by atoms with Crippen LogP contribution in [0.3, 0.4) is 0 Å². The minimum Gasteiger partial charge on any atom is -0.366 e. The summed E-state index contributed by atoms with van der Waals surface area (Å²) >= 11 is 0. The van der Waals surface area contributed by atoms with E-state index in [1.807, 2.05) is 24.3 Å². The van der Waals surface area contributed by atoms with Gasteiger partial charge in [0.05, 0.1) is 17.3 Å². The molecule has 7 nitrogen and oxygen atoms in total. The molecule has 0 spiro atoms. The van der Waals surface area contributed by atoms with E-state index < -0.39 is 4.92 Å². The third kappa shape index (κ3) is 3.50. The molecule has 0 bridgehead atoms. The van der Waals surface area contributed by atoms with Crippen LogP contribution in [0.1, 0.15) is 11.1 Å². The molecule has 1 aliphatic heterocycles. The molecule has 0 saturated carbocycles. The lowest BCUT2D eigenvalue weighted by atomic mass is 10.1. The molecule has 3 rings (SSSR count). The number of nitro groups is 1. The Balaban J connectivity index is 1.59. The molecule has 7 heteroatoms. The number of aromatic nitrogens is 1. The summed E-state index contributed by atoms with van der Waals surface area (Å²) in [5.41, 5.74) is 2.67. The summed E-state index contributed by atoms with van der Waals surface area (Å²) in [6, 6.07) is 13.1. The van der Waals surface area contributed by atoms with Crippen LogP contribution >= 0.6 is 0 Å². The van der Waals surface area contributed by atoms with Crippen molar-refractivity contribution in [3.8, 4) is 6.07 Å². The number of rotatable bonds is 4. The predicted molar refractivity (Wildman–Crippen MR) is 89.5 cm³/mol. The molecular weight excluding hydrogens is 306 g/mol. The molecule has 1 aromatic carbocycles. The zero-order valence-electron chi connectivity index (χ0n) is 13.1. The summed E-state index contributed by atoms with van der Waals surface area (Å²) in [5, 5.41) is 19.8. The van der Waals surface area contributed by atoms with Gasteiger partial charge in [0.1, 0.15) is 0 Å². The molecule has 0 radical (unpaired) electrons. The summed E-state index contributed by atoms with van der Waals surface area (Å²) in [6.45, 7) is 4.16. The first-order valence-corrected chi connectivity index (χ1v) is 7.73. The molecule has 1 aromatic heterocycles. The molecule has 0 unspecified atom stereocenters. The first-order chi connectivity index (χ1) is 11.7. The quantitative estimate of drug-likeness (QED) is 0.633. The Morgan fingerprint density at radius 2 is 1.92 bits per heavy atom. The second-order valence-corrected chi connectivity index (χ2v) is 5.66. The fourth-order valence-corrected chi connectivity index (χ4v) is 2.85. The molecule has 0 aliphatic carbocycles. The van der Waals surface area contributed by atoms with Crippen molar-refractivity contribution < 1.29 is 4.92 Å². The monoisotopic (exact) mass is 323 g/mol. The Bertz CT molecular complexity index is 761. The molecule has 2 aromatic rings. The average Bonchev–Trinajstić information content (AvgIpc) is 2.63. The van der Waals surface area contributed by atoms with Gasteiger partial charge in [-0.25, -0.2) is 0 Å². The molecule has 1 aliphatic rings. The van der Waals surface area contributed by atoms with E-state index in [2.05, 4.69) is 20.9 Å². The number of hydrogen-bond acceptors (Lipinski definition) is 6. The highest BCUT2D eigenvalue weighted by molar-refractivity contribution is 5.47. The van der Waals surface area contributed by atoms with Gasteiger partial charge in [-0.3, -0.25) is 4.90 Å². The summed E-state index contributed by atoms with van der Waals surface area (Å²) in [4.78, 5) is 18.5. The highest BCUT2D eigenvalue weighted by Crippen LogP contribution is 2.19. The molecule has 24 heavy (non-hydrogen) atoms. The van der Waals surface area contributed by atoms with Crippen molar-refractivity contribution in [1.82, 2.24) is 9.88 Å². The standard InChI is InChI=1S/C17H17N5O2/c18-11-14-3-1-2-4-15(14)13-20-7-9-21(10-8-20)16-5-6-17(19-12-16)22(23)24/h1-6,12H,7-10,13H2. The van der Waals surface area contributed by atoms with Crippen LogP contribution in [0.2, 0.25) is 0 Å². The van der Waals surface area contributed by atoms with E-state index in [1.165, 1.54) is 6.07 Å². The van der Waals surface area contributed by atoms with E-state index in [0.29, 0.717) is 0 Å². The molecule has 0 amide bonds. The van der Waals surface area contributed by atoms with Gasteiger partial charge in [0.15, 0.2) is 6.20 Å². The van der Waals surface area contributed by atoms with E-state index in [1.54, 1.807) is 12.3 Å². The van der Waals surface area contributed by atoms with Crippen molar-refractivity contribution in [1.29, 1.82) is 5.26 Å². The zero-order valence-corrected chi connectivity index (χ0v) is 13.1. The van der Waals surface area contributed by atoms with Gasteiger partial charge in [-0.05, 0) is 27.6 Å². The number of hydrogen-bond donors (Lipinski definition) is 0. The zero-order chi connectivity index (χ0) is 16.9. The largest absolute Gasteiger partial charge is 0.366 e. The average molecular weight is 323 g/mol. The number of benzene rings is 1. The lowest BCUT2D eigenvalue weighted by Crippen LogP contribution is -2.46. The van der Waals surface area contributed by atoms with Crippen molar-refractivity contribution >= 4 is 11.5 Å². The maximum Gasteiger partial charge on any atom is 0.363 e. The van der Waals surface area contributed by atoms with Crippen molar-refractivity contribution in [3.63, 3.8) is 0 Å². The van der Waals surface area contributed by atoms with Gasteiger partial charge in [0.2, 0.25) is 0 Å². The van der Waals surface area contributed by atoms with Crippen molar-refractivity contribution in [2.45, 2.75) is 6.54 Å². The normalized spacial score (nSPS) is 15.0. The molecular formula is C17H17N5O2. The minimum absolute atomic E-state index is 0.134. The Morgan fingerprint density at radius 1 is 1.17 bits per heavy atom. The van der Waals surface area contributed by atoms with Crippen LogP contribution in [0.5, 0.6) is 0 Å². The predicted octanol–water partition coefficient (Wildman–Crippen LogP) is 2.18. The SMILES string of the molecule is N#Cc1ccccc1CN1CCN(c2ccc([N+](=O)[O-])nc2)CC1. The van der Waals surface area contributed by atoms with E-state index in [-0.39, 0.29) is 5.82 Å². The maximum absolute atomic E-state index is 10.7. The molecule has 1 saturated heterocycles. The Hall–Kier alpha value is -2.98. The highest BCUT2D eigenvalue weighted by Gasteiger charge is 2.19. The Labute approximate surface area is 139 Å². The van der Waals surface area contributed by atoms with Crippen LogP contribution in [0.15, 0.2) is 42.6 Å². The molecule has 0 atom stereocenters. The van der Waals surface area contributed by atoms with Crippen LogP contribution in [-0.4, -0.2) is 41.0 Å². The topological polar surface area (TPSA) is 86.3 Å². The molecule has 2 heterocycles. The highest BCUT2D eigenvalue weighted by atomic mass is 16.6. The molecule has 1 fully saturated rings. The second kappa shape index (κ2) is 7.06. The maximum atomic E-state index is 10.7. The summed E-state index contributed by atoms with van der Waals surface area (Å²) < 4.78 is 0. The van der Waals surface area contributed by atoms with Crippen LogP contribution < -0.4 is 4.90 Å². The number of piperazine rings is 1. The fraction of sp³-hybridized carbons (Fsp3) is 0.294. The summed E-state index contributed by atoms with van der Waals surface area (Å²) in [6.07, 6.45) is 1.55. The van der Waals surface area contributed by atoms with Gasteiger partial charge >= 0.3 is 5.82 Å². The van der Waals surface area contributed by atoms with E-state index in [0.717, 1.165) is 49.5 Å². The van der Waals surface area contributed by atoms with Gasteiger partial charge in [-0.1, -0.05) is 18.2 Å². The Morgan fingerprint density at radius 3 is 2.54 bits per heavy atom. The second-order valence-electron chi connectivity index (χ2n) is 5.66. The Kier molecular flexibility index (Phi) is 4.68. The van der Waals surface area contributed by atoms with Gasteiger partial charge in [0.25, 0.3) is 0 Å². The summed E-state index contributed by atoms with van der Waals surface area (Å²) in [7, 11) is 0. The van der Waals surface area contributed by atoms with Crippen LogP contribution in [0, 0.1) is 21.4 Å². The lowest BCUT2D eigenvalue weighted by molar-refractivity contribution is -0.389. The van der Waals surface area contributed by atoms with E-state index in [9.17, 15) is 10.1 Å². The van der Waals surface area contributed by atoms with Gasteiger partial charge < -0.3 is 15.0 Å². The number of pyridine rings is 1. The van der Waals surface area contributed by atoms with Gasteiger partial charge in [-0.2, -0.15) is 5.26 Å². The third-order valence-corrected chi connectivity index (χ3v) is 4.19. The van der Waals surface area contributed by atoms with Crippen molar-refractivity contribution in [2.24, 2.45) is 0 Å². The first-order valence-electron chi connectivity index (χ1n) is 7.73. The van der Waals surface area contributed by atoms with Crippen molar-refractivity contribution in [3.05, 3.63) is 63.8 Å². The molecule has 122 valence electrons. The minimum atomic E-state index is -0.492. The summed E-state index contributed by atoms with van der Waals surface area (Å²) in [5.74, 6) is -0.134. The number of nitrogens with zero attached hydrogens (tertiary/aromatic N) is 5. The smallest absolute Gasteiger partial charge is 0.363 e. The number of nitriles is 1. The van der Waals surface area contributed by atoms with Crippen molar-refractivity contribution in [2.75, 3.05) is 31.1 Å². The van der Waals surface area contributed by atoms with Crippen LogP contribution in [-0.2, 0) is 6.54 Å². The van der Waals surface area contributed by atoms with E-state index >= 15 is 0 Å². The van der Waals surface area contributed by atoms with Gasteiger partial charge in [-0.15, -0.1) is 0 Å².